The predicted molar refractivity (Wildman–Crippen MR) is 82.8 cm³/mol. The Labute approximate surface area is 120 Å². The van der Waals surface area contributed by atoms with Crippen molar-refractivity contribution in [2.24, 2.45) is 0 Å². The molecular weight excluding hydrogens is 256 g/mol. The molecular formula is C16H19ClN2. The Morgan fingerprint density at radius 1 is 1.00 bits per heavy atom. The first-order chi connectivity index (χ1) is 8.92. The summed E-state index contributed by atoms with van der Waals surface area (Å²) in [5.41, 5.74) is 3.88. The zero-order chi connectivity index (χ0) is 12.2. The molecule has 0 bridgehead atoms. The number of rotatable bonds is 4. The molecule has 3 heteroatoms. The zero-order valence-corrected chi connectivity index (χ0v) is 11.6. The van der Waals surface area contributed by atoms with Crippen LogP contribution < -0.4 is 10.6 Å². The molecule has 1 aliphatic heterocycles. The SMILES string of the molecule is Cl.c1ccc(CNc2ccc([C@@H]3CCN3)cc2)cc1. The van der Waals surface area contributed by atoms with Crippen molar-refractivity contribution < 1.29 is 0 Å². The molecule has 0 saturated carbocycles. The zero-order valence-electron chi connectivity index (χ0n) is 10.8. The van der Waals surface area contributed by atoms with Crippen LogP contribution >= 0.6 is 12.4 Å². The molecule has 100 valence electrons. The van der Waals surface area contributed by atoms with Crippen molar-refractivity contribution in [3.05, 3.63) is 65.7 Å². The third-order valence-corrected chi connectivity index (χ3v) is 3.48. The molecule has 0 unspecified atom stereocenters. The largest absolute Gasteiger partial charge is 0.381 e. The van der Waals surface area contributed by atoms with E-state index in [1.54, 1.807) is 0 Å². The summed E-state index contributed by atoms with van der Waals surface area (Å²) in [5, 5.41) is 6.86. The van der Waals surface area contributed by atoms with Gasteiger partial charge in [0.25, 0.3) is 0 Å². The molecule has 1 saturated heterocycles. The van der Waals surface area contributed by atoms with Gasteiger partial charge >= 0.3 is 0 Å². The standard InChI is InChI=1S/C16H18N2.ClH/c1-2-4-13(5-3-1)12-18-15-8-6-14(7-9-15)16-10-11-17-16;/h1-9,16-18H,10-12H2;1H/t16-;/m0./s1. The molecule has 3 rings (SSSR count). The molecule has 1 heterocycles. The van der Waals surface area contributed by atoms with Gasteiger partial charge in [0.2, 0.25) is 0 Å². The van der Waals surface area contributed by atoms with Crippen LogP contribution in [0.4, 0.5) is 5.69 Å². The van der Waals surface area contributed by atoms with Gasteiger partial charge in [-0.2, -0.15) is 0 Å². The molecule has 0 aromatic heterocycles. The fourth-order valence-electron chi connectivity index (χ4n) is 2.21. The number of nitrogens with one attached hydrogen (secondary N) is 2. The summed E-state index contributed by atoms with van der Waals surface area (Å²) in [7, 11) is 0. The summed E-state index contributed by atoms with van der Waals surface area (Å²) in [6, 6.07) is 19.8. The number of anilines is 1. The first kappa shape index (κ1) is 13.9. The fraction of sp³-hybridized carbons (Fsp3) is 0.250. The summed E-state index contributed by atoms with van der Waals surface area (Å²) in [6.07, 6.45) is 1.26. The second-order valence-corrected chi connectivity index (χ2v) is 4.76. The highest BCUT2D eigenvalue weighted by molar-refractivity contribution is 5.85. The molecule has 0 radical (unpaired) electrons. The predicted octanol–water partition coefficient (Wildman–Crippen LogP) is 3.75. The lowest BCUT2D eigenvalue weighted by Gasteiger charge is -2.28. The normalized spacial score (nSPS) is 17.2. The monoisotopic (exact) mass is 274 g/mol. The second-order valence-electron chi connectivity index (χ2n) is 4.76. The molecule has 19 heavy (non-hydrogen) atoms. The van der Waals surface area contributed by atoms with E-state index in [-0.39, 0.29) is 12.4 Å². The number of hydrogen-bond acceptors (Lipinski definition) is 2. The first-order valence-electron chi connectivity index (χ1n) is 6.53. The molecule has 0 spiro atoms. The van der Waals surface area contributed by atoms with Gasteiger partial charge in [0, 0.05) is 18.3 Å². The van der Waals surface area contributed by atoms with E-state index in [0.717, 1.165) is 13.1 Å². The van der Waals surface area contributed by atoms with Gasteiger partial charge in [-0.05, 0) is 36.2 Å². The molecule has 1 aliphatic rings. The van der Waals surface area contributed by atoms with E-state index in [0.29, 0.717) is 6.04 Å². The topological polar surface area (TPSA) is 24.1 Å². The lowest BCUT2D eigenvalue weighted by molar-refractivity contribution is 0.383. The van der Waals surface area contributed by atoms with Gasteiger partial charge < -0.3 is 10.6 Å². The summed E-state index contributed by atoms with van der Waals surface area (Å²) in [4.78, 5) is 0. The van der Waals surface area contributed by atoms with Crippen molar-refractivity contribution in [3.63, 3.8) is 0 Å². The van der Waals surface area contributed by atoms with E-state index >= 15 is 0 Å². The average molecular weight is 275 g/mol. The summed E-state index contributed by atoms with van der Waals surface area (Å²) < 4.78 is 0. The molecule has 2 aromatic carbocycles. The molecule has 1 atom stereocenters. The first-order valence-corrected chi connectivity index (χ1v) is 6.53. The smallest absolute Gasteiger partial charge is 0.0400 e. The van der Waals surface area contributed by atoms with Gasteiger partial charge in [-0.1, -0.05) is 42.5 Å². The number of benzene rings is 2. The average Bonchev–Trinajstić information content (AvgIpc) is 2.37. The number of halogens is 1. The highest BCUT2D eigenvalue weighted by Gasteiger charge is 2.17. The van der Waals surface area contributed by atoms with Gasteiger partial charge in [-0.15, -0.1) is 12.4 Å². The van der Waals surface area contributed by atoms with E-state index in [2.05, 4.69) is 59.2 Å². The maximum absolute atomic E-state index is 3.44. The quantitative estimate of drug-likeness (QED) is 0.887. The van der Waals surface area contributed by atoms with Gasteiger partial charge in [-0.3, -0.25) is 0 Å². The Morgan fingerprint density at radius 3 is 2.26 bits per heavy atom. The van der Waals surface area contributed by atoms with Crippen LogP contribution in [-0.4, -0.2) is 6.54 Å². The van der Waals surface area contributed by atoms with Gasteiger partial charge in [0.15, 0.2) is 0 Å². The minimum atomic E-state index is 0. The van der Waals surface area contributed by atoms with E-state index in [9.17, 15) is 0 Å². The molecule has 0 amide bonds. The molecule has 1 fully saturated rings. The van der Waals surface area contributed by atoms with Gasteiger partial charge in [0.1, 0.15) is 0 Å². The summed E-state index contributed by atoms with van der Waals surface area (Å²) in [5.74, 6) is 0. The van der Waals surface area contributed by atoms with Gasteiger partial charge in [0.05, 0.1) is 0 Å². The van der Waals surface area contributed by atoms with Crippen LogP contribution in [0.25, 0.3) is 0 Å². The summed E-state index contributed by atoms with van der Waals surface area (Å²) >= 11 is 0. The van der Waals surface area contributed by atoms with E-state index < -0.39 is 0 Å². The highest BCUT2D eigenvalue weighted by Crippen LogP contribution is 2.23. The van der Waals surface area contributed by atoms with Crippen LogP contribution in [0.15, 0.2) is 54.6 Å². The van der Waals surface area contributed by atoms with Crippen LogP contribution in [0, 0.1) is 0 Å². The molecule has 2 nitrogen and oxygen atoms in total. The lowest BCUT2D eigenvalue weighted by Crippen LogP contribution is -2.34. The Bertz CT molecular complexity index is 492. The molecule has 2 N–H and O–H groups in total. The van der Waals surface area contributed by atoms with Crippen LogP contribution in [0.5, 0.6) is 0 Å². The third-order valence-electron chi connectivity index (χ3n) is 3.48. The number of hydrogen-bond donors (Lipinski definition) is 2. The second kappa shape index (κ2) is 6.60. The van der Waals surface area contributed by atoms with Crippen LogP contribution in [-0.2, 0) is 6.54 Å². The Kier molecular flexibility index (Phi) is 4.83. The van der Waals surface area contributed by atoms with Crippen molar-refractivity contribution >= 4 is 18.1 Å². The minimum absolute atomic E-state index is 0. The fourth-order valence-corrected chi connectivity index (χ4v) is 2.21. The van der Waals surface area contributed by atoms with Crippen LogP contribution in [0.1, 0.15) is 23.6 Å². The van der Waals surface area contributed by atoms with Crippen molar-refractivity contribution in [1.29, 1.82) is 0 Å². The maximum atomic E-state index is 3.44. The van der Waals surface area contributed by atoms with E-state index in [4.69, 9.17) is 0 Å². The van der Waals surface area contributed by atoms with E-state index in [1.807, 2.05) is 6.07 Å². The molecule has 0 aliphatic carbocycles. The summed E-state index contributed by atoms with van der Waals surface area (Å²) in [6.45, 7) is 2.03. The Hall–Kier alpha value is -1.51. The van der Waals surface area contributed by atoms with Crippen LogP contribution in [0.2, 0.25) is 0 Å². The van der Waals surface area contributed by atoms with Crippen molar-refractivity contribution in [2.45, 2.75) is 19.0 Å². The highest BCUT2D eigenvalue weighted by atomic mass is 35.5. The third kappa shape index (κ3) is 3.49. The molecule has 2 aromatic rings. The van der Waals surface area contributed by atoms with Crippen molar-refractivity contribution in [1.82, 2.24) is 5.32 Å². The van der Waals surface area contributed by atoms with E-state index in [1.165, 1.54) is 23.2 Å². The Balaban J connectivity index is 0.00000133. The van der Waals surface area contributed by atoms with Crippen LogP contribution in [0.3, 0.4) is 0 Å². The van der Waals surface area contributed by atoms with Crippen molar-refractivity contribution in [2.75, 3.05) is 11.9 Å². The lowest BCUT2D eigenvalue weighted by atomic mass is 9.98. The maximum Gasteiger partial charge on any atom is 0.0400 e. The van der Waals surface area contributed by atoms with Gasteiger partial charge in [-0.25, -0.2) is 0 Å². The van der Waals surface area contributed by atoms with Crippen molar-refractivity contribution in [3.8, 4) is 0 Å². The minimum Gasteiger partial charge on any atom is -0.381 e. The Morgan fingerprint density at radius 2 is 1.68 bits per heavy atom.